The van der Waals surface area contributed by atoms with Gasteiger partial charge >= 0.3 is 0 Å². The zero-order valence-corrected chi connectivity index (χ0v) is 11.8. The number of hydrogen-bond acceptors (Lipinski definition) is 4. The van der Waals surface area contributed by atoms with Crippen LogP contribution in [0.3, 0.4) is 0 Å². The molecule has 1 amide bonds. The van der Waals surface area contributed by atoms with E-state index >= 15 is 0 Å². The maximum absolute atomic E-state index is 11.3. The number of nitrogens with zero attached hydrogens (tertiary/aromatic N) is 1. The fourth-order valence-corrected chi connectivity index (χ4v) is 1.99. The van der Waals surface area contributed by atoms with Crippen molar-refractivity contribution in [3.63, 3.8) is 0 Å². The van der Waals surface area contributed by atoms with Crippen LogP contribution in [0.1, 0.15) is 30.6 Å². The summed E-state index contributed by atoms with van der Waals surface area (Å²) < 4.78 is 0. The Kier molecular flexibility index (Phi) is 6.15. The van der Waals surface area contributed by atoms with Crippen LogP contribution in [0, 0.1) is 0 Å². The van der Waals surface area contributed by atoms with Crippen molar-refractivity contribution in [2.75, 3.05) is 37.2 Å². The van der Waals surface area contributed by atoms with E-state index in [-0.39, 0.29) is 0 Å². The highest BCUT2D eigenvalue weighted by Gasteiger charge is 2.08. The van der Waals surface area contributed by atoms with Crippen molar-refractivity contribution in [1.29, 1.82) is 0 Å². The Morgan fingerprint density at radius 1 is 1.32 bits per heavy atom. The van der Waals surface area contributed by atoms with Gasteiger partial charge in [-0.05, 0) is 44.3 Å². The minimum absolute atomic E-state index is 0.447. The number of benzene rings is 1. The second-order valence-electron chi connectivity index (χ2n) is 4.48. The van der Waals surface area contributed by atoms with Gasteiger partial charge in [-0.1, -0.05) is 13.8 Å². The molecule has 0 atom stereocenters. The van der Waals surface area contributed by atoms with Gasteiger partial charge in [0.05, 0.1) is 5.56 Å². The van der Waals surface area contributed by atoms with Crippen molar-refractivity contribution in [2.24, 2.45) is 5.73 Å². The van der Waals surface area contributed by atoms with Crippen LogP contribution in [0.15, 0.2) is 18.2 Å². The average Bonchev–Trinajstić information content (AvgIpc) is 2.40. The number of rotatable bonds is 8. The molecule has 106 valence electrons. The van der Waals surface area contributed by atoms with Gasteiger partial charge in [0.25, 0.3) is 5.91 Å². The second-order valence-corrected chi connectivity index (χ2v) is 4.48. The van der Waals surface area contributed by atoms with Gasteiger partial charge in [0.15, 0.2) is 0 Å². The Balaban J connectivity index is 2.51. The molecule has 0 aromatic heterocycles. The molecule has 5 nitrogen and oxygen atoms in total. The van der Waals surface area contributed by atoms with Crippen molar-refractivity contribution in [3.05, 3.63) is 23.8 Å². The predicted octanol–water partition coefficient (Wildman–Crippen LogP) is 1.51. The van der Waals surface area contributed by atoms with Gasteiger partial charge < -0.3 is 21.7 Å². The molecule has 0 aliphatic rings. The Morgan fingerprint density at radius 2 is 2.00 bits per heavy atom. The van der Waals surface area contributed by atoms with Gasteiger partial charge in [-0.25, -0.2) is 0 Å². The van der Waals surface area contributed by atoms with Crippen LogP contribution in [-0.4, -0.2) is 37.0 Å². The lowest BCUT2D eigenvalue weighted by molar-refractivity contribution is 0.100. The summed E-state index contributed by atoms with van der Waals surface area (Å²) in [7, 11) is 0. The summed E-state index contributed by atoms with van der Waals surface area (Å²) in [5.41, 5.74) is 12.7. The fraction of sp³-hybridized carbons (Fsp3) is 0.500. The van der Waals surface area contributed by atoms with E-state index in [1.165, 1.54) is 0 Å². The van der Waals surface area contributed by atoms with Crippen LogP contribution in [0.4, 0.5) is 11.4 Å². The maximum Gasteiger partial charge on any atom is 0.250 e. The number of amides is 1. The van der Waals surface area contributed by atoms with Crippen LogP contribution in [0.5, 0.6) is 0 Å². The molecule has 0 aliphatic carbocycles. The lowest BCUT2D eigenvalue weighted by Crippen LogP contribution is -2.25. The number of nitrogens with two attached hydrogens (primary N) is 2. The normalized spacial score (nSPS) is 10.7. The van der Waals surface area contributed by atoms with Crippen LogP contribution in [0.25, 0.3) is 0 Å². The van der Waals surface area contributed by atoms with Gasteiger partial charge in [-0.3, -0.25) is 4.79 Å². The number of anilines is 2. The van der Waals surface area contributed by atoms with Gasteiger partial charge in [0.2, 0.25) is 0 Å². The smallest absolute Gasteiger partial charge is 0.250 e. The largest absolute Gasteiger partial charge is 0.399 e. The van der Waals surface area contributed by atoms with E-state index in [1.807, 2.05) is 0 Å². The minimum Gasteiger partial charge on any atom is -0.399 e. The molecule has 5 heteroatoms. The van der Waals surface area contributed by atoms with E-state index in [9.17, 15) is 4.79 Å². The quantitative estimate of drug-likeness (QED) is 0.491. The van der Waals surface area contributed by atoms with Crippen molar-refractivity contribution in [2.45, 2.75) is 20.3 Å². The van der Waals surface area contributed by atoms with Crippen LogP contribution < -0.4 is 16.8 Å². The van der Waals surface area contributed by atoms with Crippen molar-refractivity contribution in [1.82, 2.24) is 4.90 Å². The molecule has 5 N–H and O–H groups in total. The summed E-state index contributed by atoms with van der Waals surface area (Å²) in [6.07, 6.45) is 1.02. The lowest BCUT2D eigenvalue weighted by atomic mass is 10.1. The first-order valence-corrected chi connectivity index (χ1v) is 6.74. The SMILES string of the molecule is CCN(CC)CCCNc1ccc(N)cc1C(N)=O. The highest BCUT2D eigenvalue weighted by Crippen LogP contribution is 2.18. The first-order valence-electron chi connectivity index (χ1n) is 6.74. The van der Waals surface area contributed by atoms with E-state index in [2.05, 4.69) is 24.1 Å². The van der Waals surface area contributed by atoms with Gasteiger partial charge in [-0.2, -0.15) is 0 Å². The number of primary amides is 1. The summed E-state index contributed by atoms with van der Waals surface area (Å²) in [6, 6.07) is 5.17. The average molecular weight is 264 g/mol. The monoisotopic (exact) mass is 264 g/mol. The fourth-order valence-electron chi connectivity index (χ4n) is 1.99. The number of nitrogen functional groups attached to an aromatic ring is 1. The Hall–Kier alpha value is -1.75. The third kappa shape index (κ3) is 4.79. The Bertz CT molecular complexity index is 416. The van der Waals surface area contributed by atoms with Crippen LogP contribution in [-0.2, 0) is 0 Å². The number of nitrogens with one attached hydrogen (secondary N) is 1. The van der Waals surface area contributed by atoms with E-state index in [0.717, 1.165) is 38.3 Å². The molecule has 0 bridgehead atoms. The summed E-state index contributed by atoms with van der Waals surface area (Å²) in [4.78, 5) is 13.7. The number of carbonyl (C=O) groups is 1. The first-order chi connectivity index (χ1) is 9.08. The summed E-state index contributed by atoms with van der Waals surface area (Å²) in [6.45, 7) is 8.28. The third-order valence-corrected chi connectivity index (χ3v) is 3.17. The first kappa shape index (κ1) is 15.3. The minimum atomic E-state index is -0.460. The zero-order valence-electron chi connectivity index (χ0n) is 11.8. The molecular weight excluding hydrogens is 240 g/mol. The second kappa shape index (κ2) is 7.63. The molecule has 0 saturated carbocycles. The van der Waals surface area contributed by atoms with E-state index in [1.54, 1.807) is 18.2 Å². The molecule has 0 aliphatic heterocycles. The topological polar surface area (TPSA) is 84.4 Å². The molecular formula is C14H24N4O. The molecule has 0 spiro atoms. The molecule has 0 unspecified atom stereocenters. The van der Waals surface area contributed by atoms with E-state index in [4.69, 9.17) is 11.5 Å². The molecule has 0 saturated heterocycles. The van der Waals surface area contributed by atoms with E-state index < -0.39 is 5.91 Å². The van der Waals surface area contributed by atoms with E-state index in [0.29, 0.717) is 11.3 Å². The summed E-state index contributed by atoms with van der Waals surface area (Å²) in [5, 5.41) is 3.24. The van der Waals surface area contributed by atoms with Crippen LogP contribution in [0.2, 0.25) is 0 Å². The molecule has 0 radical (unpaired) electrons. The maximum atomic E-state index is 11.3. The molecule has 0 heterocycles. The molecule has 1 aromatic rings. The lowest BCUT2D eigenvalue weighted by Gasteiger charge is -2.18. The highest BCUT2D eigenvalue weighted by molar-refractivity contribution is 5.99. The van der Waals surface area contributed by atoms with Crippen molar-refractivity contribution < 1.29 is 4.79 Å². The third-order valence-electron chi connectivity index (χ3n) is 3.17. The standard InChI is InChI=1S/C14H24N4O/c1-3-18(4-2)9-5-8-17-13-7-6-11(15)10-12(13)14(16)19/h6-7,10,17H,3-5,8-9,15H2,1-2H3,(H2,16,19). The predicted molar refractivity (Wildman–Crippen MR) is 80.3 cm³/mol. The number of hydrogen-bond donors (Lipinski definition) is 3. The molecule has 19 heavy (non-hydrogen) atoms. The highest BCUT2D eigenvalue weighted by atomic mass is 16.1. The molecule has 1 rings (SSSR count). The zero-order chi connectivity index (χ0) is 14.3. The Morgan fingerprint density at radius 3 is 2.58 bits per heavy atom. The van der Waals surface area contributed by atoms with Gasteiger partial charge in [0, 0.05) is 17.9 Å². The van der Waals surface area contributed by atoms with Crippen molar-refractivity contribution >= 4 is 17.3 Å². The van der Waals surface area contributed by atoms with Crippen molar-refractivity contribution in [3.8, 4) is 0 Å². The van der Waals surface area contributed by atoms with Gasteiger partial charge in [-0.15, -0.1) is 0 Å². The Labute approximate surface area is 115 Å². The van der Waals surface area contributed by atoms with Gasteiger partial charge in [0.1, 0.15) is 0 Å². The summed E-state index contributed by atoms with van der Waals surface area (Å²) in [5.74, 6) is -0.460. The van der Waals surface area contributed by atoms with Crippen LogP contribution >= 0.6 is 0 Å². The molecule has 1 aromatic carbocycles. The number of carbonyl (C=O) groups excluding carboxylic acids is 1. The summed E-state index contributed by atoms with van der Waals surface area (Å²) >= 11 is 0. The molecule has 0 fully saturated rings.